The van der Waals surface area contributed by atoms with E-state index in [0.717, 1.165) is 0 Å². The summed E-state index contributed by atoms with van der Waals surface area (Å²) in [6.45, 7) is 0. The third-order valence-corrected chi connectivity index (χ3v) is 1.92. The molecule has 1 aliphatic rings. The van der Waals surface area contributed by atoms with Gasteiger partial charge in [0.25, 0.3) is 5.91 Å². The third-order valence-electron chi connectivity index (χ3n) is 1.92. The van der Waals surface area contributed by atoms with Gasteiger partial charge in [-0.2, -0.15) is 0 Å². The van der Waals surface area contributed by atoms with Gasteiger partial charge in [0.05, 0.1) is 12.1 Å². The second-order valence-corrected chi connectivity index (χ2v) is 2.90. The zero-order valence-electron chi connectivity index (χ0n) is 7.34. The van der Waals surface area contributed by atoms with Gasteiger partial charge in [-0.1, -0.05) is 12.1 Å². The van der Waals surface area contributed by atoms with Crippen molar-refractivity contribution in [1.82, 2.24) is 0 Å². The van der Waals surface area contributed by atoms with Gasteiger partial charge in [0.15, 0.2) is 0 Å². The topological polar surface area (TPSA) is 62.0 Å². The fourth-order valence-electron chi connectivity index (χ4n) is 1.23. The maximum Gasteiger partial charge on any atom is 0.268 e. The number of amides is 1. The molecule has 0 fully saturated rings. The van der Waals surface area contributed by atoms with Crippen molar-refractivity contribution in [2.24, 2.45) is 10.2 Å². The summed E-state index contributed by atoms with van der Waals surface area (Å²) in [5.74, 6) is -0.115. The van der Waals surface area contributed by atoms with E-state index in [0.29, 0.717) is 11.3 Å². The summed E-state index contributed by atoms with van der Waals surface area (Å²) in [5.41, 5.74) is 1.14. The molecule has 0 aromatic heterocycles. The van der Waals surface area contributed by atoms with Gasteiger partial charge >= 0.3 is 0 Å². The van der Waals surface area contributed by atoms with E-state index >= 15 is 0 Å². The van der Waals surface area contributed by atoms with Crippen LogP contribution in [0.4, 0.5) is 0 Å². The van der Waals surface area contributed by atoms with Crippen molar-refractivity contribution < 1.29 is 9.90 Å². The predicted molar refractivity (Wildman–Crippen MR) is 50.6 cm³/mol. The zero-order valence-corrected chi connectivity index (χ0v) is 7.34. The first kappa shape index (κ1) is 8.62. The number of phenolic OH excluding ortho intramolecular Hbond substituents is 1. The van der Waals surface area contributed by atoms with Crippen molar-refractivity contribution in [3.63, 3.8) is 0 Å². The van der Waals surface area contributed by atoms with Gasteiger partial charge in [-0.05, 0) is 18.2 Å². The first-order valence-electron chi connectivity index (χ1n) is 4.20. The SMILES string of the molecule is O=C1CC=C(c2ccccc2O)N=N1. The zero-order chi connectivity index (χ0) is 9.97. The van der Waals surface area contributed by atoms with Crippen LogP contribution in [0.1, 0.15) is 12.0 Å². The molecular formula is C10H8N2O2. The molecule has 0 spiro atoms. The van der Waals surface area contributed by atoms with Gasteiger partial charge in [-0.15, -0.1) is 10.2 Å². The lowest BCUT2D eigenvalue weighted by Gasteiger charge is -2.05. The molecule has 0 bridgehead atoms. The van der Waals surface area contributed by atoms with Gasteiger partial charge in [0, 0.05) is 5.56 Å². The Balaban J connectivity index is 2.38. The fraction of sp³-hybridized carbons (Fsp3) is 0.100. The lowest BCUT2D eigenvalue weighted by molar-refractivity contribution is -0.117. The van der Waals surface area contributed by atoms with Crippen molar-refractivity contribution in [3.8, 4) is 5.75 Å². The van der Waals surface area contributed by atoms with Gasteiger partial charge in [-0.3, -0.25) is 4.79 Å². The number of benzene rings is 1. The highest BCUT2D eigenvalue weighted by atomic mass is 16.3. The second-order valence-electron chi connectivity index (χ2n) is 2.90. The quantitative estimate of drug-likeness (QED) is 0.733. The number of hydrogen-bond acceptors (Lipinski definition) is 3. The molecule has 2 rings (SSSR count). The van der Waals surface area contributed by atoms with Gasteiger partial charge in [0.1, 0.15) is 5.75 Å². The Morgan fingerprint density at radius 1 is 1.21 bits per heavy atom. The number of azo groups is 1. The molecule has 0 atom stereocenters. The molecule has 1 N–H and O–H groups in total. The number of carbonyl (C=O) groups excluding carboxylic acids is 1. The molecule has 4 nitrogen and oxygen atoms in total. The van der Waals surface area contributed by atoms with Crippen molar-refractivity contribution in [3.05, 3.63) is 35.9 Å². The predicted octanol–water partition coefficient (Wildman–Crippen LogP) is 2.12. The van der Waals surface area contributed by atoms with E-state index in [1.54, 1.807) is 30.3 Å². The third kappa shape index (κ3) is 1.54. The number of para-hydroxylation sites is 1. The van der Waals surface area contributed by atoms with Crippen molar-refractivity contribution >= 4 is 11.6 Å². The Morgan fingerprint density at radius 3 is 2.64 bits per heavy atom. The molecule has 0 unspecified atom stereocenters. The van der Waals surface area contributed by atoms with E-state index in [1.165, 1.54) is 0 Å². The van der Waals surface area contributed by atoms with Crippen LogP contribution in [0.2, 0.25) is 0 Å². The molecule has 1 amide bonds. The normalized spacial score (nSPS) is 15.4. The molecule has 0 radical (unpaired) electrons. The summed E-state index contributed by atoms with van der Waals surface area (Å²) in [7, 11) is 0. The highest BCUT2D eigenvalue weighted by molar-refractivity contribution is 5.84. The van der Waals surface area contributed by atoms with Crippen LogP contribution in [-0.4, -0.2) is 11.0 Å². The van der Waals surface area contributed by atoms with Crippen LogP contribution in [0.15, 0.2) is 40.6 Å². The molecule has 70 valence electrons. The average Bonchev–Trinajstić information content (AvgIpc) is 2.20. The van der Waals surface area contributed by atoms with Crippen molar-refractivity contribution in [1.29, 1.82) is 0 Å². The van der Waals surface area contributed by atoms with Crippen molar-refractivity contribution in [2.75, 3.05) is 0 Å². The maximum atomic E-state index is 10.8. The first-order chi connectivity index (χ1) is 6.77. The van der Waals surface area contributed by atoms with Gasteiger partial charge in [-0.25, -0.2) is 0 Å². The van der Waals surface area contributed by atoms with E-state index in [9.17, 15) is 9.90 Å². The summed E-state index contributed by atoms with van der Waals surface area (Å²) in [4.78, 5) is 10.8. The summed E-state index contributed by atoms with van der Waals surface area (Å²) < 4.78 is 0. The fourth-order valence-corrected chi connectivity index (χ4v) is 1.23. The first-order valence-corrected chi connectivity index (χ1v) is 4.20. The molecule has 0 saturated carbocycles. The molecule has 0 saturated heterocycles. The minimum Gasteiger partial charge on any atom is -0.507 e. The van der Waals surface area contributed by atoms with Crippen LogP contribution < -0.4 is 0 Å². The average molecular weight is 188 g/mol. The van der Waals surface area contributed by atoms with Crippen LogP contribution in [-0.2, 0) is 4.79 Å². The number of carbonyl (C=O) groups is 1. The van der Waals surface area contributed by atoms with Crippen molar-refractivity contribution in [2.45, 2.75) is 6.42 Å². The monoisotopic (exact) mass is 188 g/mol. The molecule has 1 aromatic carbocycles. The molecule has 0 aliphatic carbocycles. The van der Waals surface area contributed by atoms with E-state index in [-0.39, 0.29) is 18.1 Å². The molecule has 1 heterocycles. The largest absolute Gasteiger partial charge is 0.507 e. The van der Waals surface area contributed by atoms with Crippen LogP contribution in [0.3, 0.4) is 0 Å². The number of rotatable bonds is 1. The highest BCUT2D eigenvalue weighted by Crippen LogP contribution is 2.27. The number of hydrogen-bond donors (Lipinski definition) is 1. The Morgan fingerprint density at radius 2 is 2.00 bits per heavy atom. The molecule has 14 heavy (non-hydrogen) atoms. The van der Waals surface area contributed by atoms with Crippen LogP contribution >= 0.6 is 0 Å². The van der Waals surface area contributed by atoms with Crippen LogP contribution in [0.25, 0.3) is 5.70 Å². The summed E-state index contributed by atoms with van der Waals surface area (Å²) in [5, 5.41) is 16.7. The lowest BCUT2D eigenvalue weighted by Crippen LogP contribution is -1.95. The van der Waals surface area contributed by atoms with Crippen LogP contribution in [0.5, 0.6) is 5.75 Å². The van der Waals surface area contributed by atoms with Crippen LogP contribution in [0, 0.1) is 0 Å². The summed E-state index contributed by atoms with van der Waals surface area (Å²) in [6, 6.07) is 6.82. The minimum atomic E-state index is -0.260. The Hall–Kier alpha value is -1.97. The van der Waals surface area contributed by atoms with E-state index in [2.05, 4.69) is 10.2 Å². The van der Waals surface area contributed by atoms with E-state index in [1.807, 2.05) is 0 Å². The minimum absolute atomic E-state index is 0.145. The smallest absolute Gasteiger partial charge is 0.268 e. The highest BCUT2D eigenvalue weighted by Gasteiger charge is 2.10. The maximum absolute atomic E-state index is 10.8. The molecular weight excluding hydrogens is 180 g/mol. The standard InChI is InChI=1S/C10H8N2O2/c13-9-4-2-1-3-7(9)8-5-6-10(14)12-11-8/h1-5,13H,6H2. The lowest BCUT2D eigenvalue weighted by atomic mass is 10.1. The molecule has 4 heteroatoms. The van der Waals surface area contributed by atoms with E-state index in [4.69, 9.17) is 0 Å². The number of aromatic hydroxyl groups is 1. The summed E-state index contributed by atoms with van der Waals surface area (Å²) in [6.07, 6.45) is 1.90. The summed E-state index contributed by atoms with van der Waals surface area (Å²) >= 11 is 0. The molecule has 1 aromatic rings. The van der Waals surface area contributed by atoms with Gasteiger partial charge < -0.3 is 5.11 Å². The Labute approximate surface area is 80.6 Å². The van der Waals surface area contributed by atoms with Gasteiger partial charge in [0.2, 0.25) is 0 Å². The van der Waals surface area contributed by atoms with E-state index < -0.39 is 0 Å². The second kappa shape index (κ2) is 3.41. The molecule has 1 aliphatic heterocycles. The Bertz CT molecular complexity index is 436. The number of phenols is 1. The number of nitrogens with zero attached hydrogens (tertiary/aromatic N) is 2. The Kier molecular flexibility index (Phi) is 2.10.